The number of nitrogens with one attached hydrogen (secondary N) is 2. The van der Waals surface area contributed by atoms with Crippen molar-refractivity contribution in [2.24, 2.45) is 11.8 Å². The van der Waals surface area contributed by atoms with Gasteiger partial charge in [-0.05, 0) is 92.0 Å². The largest absolute Gasteiger partial charge is 0.322 e. The van der Waals surface area contributed by atoms with Gasteiger partial charge in [0.25, 0.3) is 5.91 Å². The summed E-state index contributed by atoms with van der Waals surface area (Å²) in [7, 11) is 0. The molecule has 1 heterocycles. The SMILES string of the molecule is Cc1ccc(C(=O)Nc2ccc3c(c2)C[C@H]2CC[C@@H](C3)[C@H]2NCc2ccc(Cl)s2)cc1. The van der Waals surface area contributed by atoms with Crippen LogP contribution in [0, 0.1) is 18.8 Å². The third-order valence-electron chi connectivity index (χ3n) is 6.81. The van der Waals surface area contributed by atoms with Crippen molar-refractivity contribution in [1.29, 1.82) is 0 Å². The molecule has 1 saturated carbocycles. The highest BCUT2D eigenvalue weighted by molar-refractivity contribution is 7.16. The summed E-state index contributed by atoms with van der Waals surface area (Å²) in [4.78, 5) is 13.9. The lowest BCUT2D eigenvalue weighted by atomic mass is 9.93. The van der Waals surface area contributed by atoms with Crippen LogP contribution in [0.1, 0.15) is 44.8 Å². The summed E-state index contributed by atoms with van der Waals surface area (Å²) in [6, 6.07) is 18.8. The van der Waals surface area contributed by atoms with Gasteiger partial charge in [-0.3, -0.25) is 4.79 Å². The van der Waals surface area contributed by atoms with E-state index in [4.69, 9.17) is 11.6 Å². The Morgan fingerprint density at radius 3 is 2.45 bits per heavy atom. The fraction of sp³-hybridized carbons (Fsp3) is 0.346. The van der Waals surface area contributed by atoms with Gasteiger partial charge in [0, 0.05) is 28.7 Å². The molecule has 1 fully saturated rings. The van der Waals surface area contributed by atoms with Crippen LogP contribution in [0.4, 0.5) is 5.69 Å². The predicted molar refractivity (Wildman–Crippen MR) is 129 cm³/mol. The number of hydrogen-bond acceptors (Lipinski definition) is 3. The van der Waals surface area contributed by atoms with Crippen LogP contribution in [-0.2, 0) is 19.4 Å². The van der Waals surface area contributed by atoms with E-state index in [1.165, 1.54) is 28.8 Å². The first-order valence-electron chi connectivity index (χ1n) is 11.0. The Morgan fingerprint density at radius 1 is 1.00 bits per heavy atom. The van der Waals surface area contributed by atoms with Crippen molar-refractivity contribution in [3.8, 4) is 0 Å². The highest BCUT2D eigenvalue weighted by atomic mass is 35.5. The normalized spacial score (nSPS) is 22.1. The minimum atomic E-state index is -0.0516. The molecule has 0 unspecified atom stereocenters. The van der Waals surface area contributed by atoms with E-state index in [-0.39, 0.29) is 5.91 Å². The molecule has 5 rings (SSSR count). The maximum Gasteiger partial charge on any atom is 0.255 e. The summed E-state index contributed by atoms with van der Waals surface area (Å²) < 4.78 is 0.855. The molecule has 0 radical (unpaired) electrons. The molecule has 3 aromatic rings. The molecule has 2 aromatic carbocycles. The molecular weight excluding hydrogens is 424 g/mol. The monoisotopic (exact) mass is 450 g/mol. The number of carbonyl (C=O) groups is 1. The standard InChI is InChI=1S/C26H27ClN2OS/c1-16-2-4-17(5-3-16)26(30)29-22-9-8-18-12-19-6-7-20(13-21(18)14-22)25(19)28-15-23-10-11-24(27)31-23/h2-5,8-11,14,19-20,25,28H,6-7,12-13,15H2,1H3,(H,29,30)/t19-,20+,25+/m0/s1. The zero-order valence-corrected chi connectivity index (χ0v) is 19.2. The highest BCUT2D eigenvalue weighted by Gasteiger charge is 2.38. The van der Waals surface area contributed by atoms with Gasteiger partial charge in [-0.25, -0.2) is 0 Å². The van der Waals surface area contributed by atoms with E-state index in [1.54, 1.807) is 11.3 Å². The van der Waals surface area contributed by atoms with E-state index >= 15 is 0 Å². The fourth-order valence-corrected chi connectivity index (χ4v) is 6.23. The van der Waals surface area contributed by atoms with Crippen LogP contribution in [-0.4, -0.2) is 11.9 Å². The average Bonchev–Trinajstić information content (AvgIpc) is 3.29. The molecular formula is C26H27ClN2OS. The van der Waals surface area contributed by atoms with Crippen molar-refractivity contribution in [2.75, 3.05) is 5.32 Å². The predicted octanol–water partition coefficient (Wildman–Crippen LogP) is 6.25. The Hall–Kier alpha value is -2.14. The van der Waals surface area contributed by atoms with Gasteiger partial charge in [-0.1, -0.05) is 35.4 Å². The van der Waals surface area contributed by atoms with Crippen molar-refractivity contribution >= 4 is 34.5 Å². The van der Waals surface area contributed by atoms with Crippen LogP contribution in [0.5, 0.6) is 0 Å². The van der Waals surface area contributed by atoms with E-state index in [9.17, 15) is 4.79 Å². The van der Waals surface area contributed by atoms with Crippen LogP contribution in [0.15, 0.2) is 54.6 Å². The number of anilines is 1. The third-order valence-corrected chi connectivity index (χ3v) is 8.04. The number of aryl methyl sites for hydroxylation is 1. The minimum Gasteiger partial charge on any atom is -0.322 e. The molecule has 2 bridgehead atoms. The summed E-state index contributed by atoms with van der Waals surface area (Å²) in [6.45, 7) is 2.92. The number of fused-ring (bicyclic) bond motifs is 3. The lowest BCUT2D eigenvalue weighted by molar-refractivity contribution is 0.102. The molecule has 1 amide bonds. The van der Waals surface area contributed by atoms with E-state index in [2.05, 4.69) is 34.9 Å². The van der Waals surface area contributed by atoms with Gasteiger partial charge in [0.15, 0.2) is 0 Å². The number of carbonyl (C=O) groups excluding carboxylic acids is 1. The summed E-state index contributed by atoms with van der Waals surface area (Å²) in [5.74, 6) is 1.27. The Balaban J connectivity index is 1.28. The number of rotatable bonds is 5. The van der Waals surface area contributed by atoms with E-state index in [0.29, 0.717) is 23.4 Å². The van der Waals surface area contributed by atoms with Gasteiger partial charge in [0.2, 0.25) is 0 Å². The molecule has 0 spiro atoms. The number of thiophene rings is 1. The zero-order chi connectivity index (χ0) is 21.4. The van der Waals surface area contributed by atoms with Crippen molar-refractivity contribution in [2.45, 2.75) is 45.2 Å². The fourth-order valence-electron chi connectivity index (χ4n) is 5.19. The van der Waals surface area contributed by atoms with Crippen molar-refractivity contribution < 1.29 is 4.79 Å². The molecule has 5 heteroatoms. The molecule has 160 valence electrons. The third kappa shape index (κ3) is 4.57. The summed E-state index contributed by atoms with van der Waals surface area (Å²) in [5.41, 5.74) is 5.56. The van der Waals surface area contributed by atoms with Gasteiger partial charge < -0.3 is 10.6 Å². The summed E-state index contributed by atoms with van der Waals surface area (Å²) in [5, 5.41) is 6.93. The van der Waals surface area contributed by atoms with Crippen LogP contribution in [0.3, 0.4) is 0 Å². The van der Waals surface area contributed by atoms with Crippen LogP contribution in [0.2, 0.25) is 4.34 Å². The average molecular weight is 451 g/mol. The quantitative estimate of drug-likeness (QED) is 0.482. The first-order valence-corrected chi connectivity index (χ1v) is 12.2. The van der Waals surface area contributed by atoms with Gasteiger partial charge in [-0.15, -0.1) is 11.3 Å². The number of benzene rings is 2. The molecule has 2 aliphatic rings. The van der Waals surface area contributed by atoms with Gasteiger partial charge in [0.1, 0.15) is 0 Å². The molecule has 31 heavy (non-hydrogen) atoms. The second-order valence-corrected chi connectivity index (χ2v) is 10.7. The van der Waals surface area contributed by atoms with Gasteiger partial charge in [-0.2, -0.15) is 0 Å². The Bertz CT molecular complexity index is 1090. The smallest absolute Gasteiger partial charge is 0.255 e. The lowest BCUT2D eigenvalue weighted by Gasteiger charge is -2.23. The van der Waals surface area contributed by atoms with Crippen LogP contribution in [0.25, 0.3) is 0 Å². The minimum absolute atomic E-state index is 0.0516. The Kier molecular flexibility index (Phi) is 5.87. The second-order valence-electron chi connectivity index (χ2n) is 8.92. The van der Waals surface area contributed by atoms with Crippen molar-refractivity contribution in [1.82, 2.24) is 5.32 Å². The van der Waals surface area contributed by atoms with Crippen LogP contribution >= 0.6 is 22.9 Å². The molecule has 3 nitrogen and oxygen atoms in total. The van der Waals surface area contributed by atoms with Gasteiger partial charge >= 0.3 is 0 Å². The van der Waals surface area contributed by atoms with Crippen molar-refractivity contribution in [3.05, 3.63) is 86.1 Å². The summed E-state index contributed by atoms with van der Waals surface area (Å²) in [6.07, 6.45) is 4.75. The molecule has 2 N–H and O–H groups in total. The van der Waals surface area contributed by atoms with E-state index in [0.717, 1.165) is 35.0 Å². The maximum atomic E-state index is 12.6. The Morgan fingerprint density at radius 2 is 1.74 bits per heavy atom. The Labute approximate surface area is 192 Å². The molecule has 0 aliphatic heterocycles. The second kappa shape index (κ2) is 8.78. The first-order chi connectivity index (χ1) is 15.0. The summed E-state index contributed by atoms with van der Waals surface area (Å²) >= 11 is 7.76. The molecule has 2 aliphatic carbocycles. The number of hydrogen-bond donors (Lipinski definition) is 2. The van der Waals surface area contributed by atoms with Crippen LogP contribution < -0.4 is 10.6 Å². The van der Waals surface area contributed by atoms with Crippen molar-refractivity contribution in [3.63, 3.8) is 0 Å². The molecule has 1 aromatic heterocycles. The molecule has 3 atom stereocenters. The topological polar surface area (TPSA) is 41.1 Å². The first kappa shape index (κ1) is 20.7. The van der Waals surface area contributed by atoms with E-state index in [1.807, 2.05) is 37.3 Å². The number of halogens is 1. The number of amides is 1. The maximum absolute atomic E-state index is 12.6. The van der Waals surface area contributed by atoms with Gasteiger partial charge in [0.05, 0.1) is 4.34 Å². The lowest BCUT2D eigenvalue weighted by Crippen LogP contribution is -2.37. The van der Waals surface area contributed by atoms with E-state index < -0.39 is 0 Å². The zero-order valence-electron chi connectivity index (χ0n) is 17.7. The molecule has 0 saturated heterocycles. The highest BCUT2D eigenvalue weighted by Crippen LogP contribution is 2.41.